The van der Waals surface area contributed by atoms with E-state index in [9.17, 15) is 19.5 Å². The number of alkyl halides is 1. The van der Waals surface area contributed by atoms with Crippen molar-refractivity contribution < 1.29 is 29.0 Å². The zero-order valence-electron chi connectivity index (χ0n) is 22.0. The van der Waals surface area contributed by atoms with E-state index in [-0.39, 0.29) is 35.2 Å². The number of allylic oxidation sites excluding steroid dienone is 4. The lowest BCUT2D eigenvalue weighted by molar-refractivity contribution is -0.158. The smallest absolute Gasteiger partial charge is 0.317 e. The summed E-state index contributed by atoms with van der Waals surface area (Å²) in [6.07, 6.45) is 14.1. The molecule has 6 nitrogen and oxygen atoms in total. The van der Waals surface area contributed by atoms with Crippen LogP contribution in [0.2, 0.25) is 0 Å². The number of hydrogen-bond acceptors (Lipinski definition) is 6. The first kappa shape index (κ1) is 29.8. The Labute approximate surface area is 219 Å². The summed E-state index contributed by atoms with van der Waals surface area (Å²) in [7, 11) is 0. The Morgan fingerprint density at radius 1 is 0.886 bits per heavy atom. The molecule has 4 rings (SSSR count). The van der Waals surface area contributed by atoms with E-state index in [0.29, 0.717) is 23.7 Å². The molecule has 0 spiro atoms. The Morgan fingerprint density at radius 2 is 1.40 bits per heavy atom. The summed E-state index contributed by atoms with van der Waals surface area (Å²) in [6.45, 7) is 11.1. The van der Waals surface area contributed by atoms with Gasteiger partial charge in [-0.3, -0.25) is 9.59 Å². The van der Waals surface area contributed by atoms with Crippen molar-refractivity contribution in [3.8, 4) is 0 Å². The maximum absolute atomic E-state index is 11.6. The van der Waals surface area contributed by atoms with Gasteiger partial charge in [-0.05, 0) is 96.8 Å². The highest BCUT2D eigenvalue weighted by molar-refractivity contribution is 9.09. The van der Waals surface area contributed by atoms with Crippen molar-refractivity contribution in [3.05, 3.63) is 24.3 Å². The van der Waals surface area contributed by atoms with E-state index in [1.165, 1.54) is 6.42 Å². The quantitative estimate of drug-likeness (QED) is 0.211. The molecule has 2 saturated carbocycles. The van der Waals surface area contributed by atoms with Crippen molar-refractivity contribution in [2.24, 2.45) is 35.5 Å². The van der Waals surface area contributed by atoms with Crippen LogP contribution in [-0.2, 0) is 23.9 Å². The number of halogens is 1. The van der Waals surface area contributed by atoms with Crippen LogP contribution in [0, 0.1) is 35.5 Å². The summed E-state index contributed by atoms with van der Waals surface area (Å²) < 4.78 is 10.1. The van der Waals surface area contributed by atoms with Gasteiger partial charge in [-0.25, -0.2) is 0 Å². The summed E-state index contributed by atoms with van der Waals surface area (Å²) in [6, 6.07) is 0. The molecule has 2 fully saturated rings. The van der Waals surface area contributed by atoms with Gasteiger partial charge in [0.1, 0.15) is 22.8 Å². The molecule has 7 unspecified atom stereocenters. The zero-order valence-corrected chi connectivity index (χ0v) is 23.6. The third-order valence-corrected chi connectivity index (χ3v) is 7.11. The second-order valence-electron chi connectivity index (χ2n) is 12.1. The highest BCUT2D eigenvalue weighted by Gasteiger charge is 2.40. The summed E-state index contributed by atoms with van der Waals surface area (Å²) in [4.78, 5) is 32.6. The fraction of sp³-hybridized carbons (Fsp3) is 0.750. The predicted octanol–water partition coefficient (Wildman–Crippen LogP) is 5.41. The maximum atomic E-state index is 11.6. The predicted molar refractivity (Wildman–Crippen MR) is 140 cm³/mol. The van der Waals surface area contributed by atoms with Gasteiger partial charge in [0.05, 0.1) is 12.5 Å². The molecule has 0 amide bonds. The van der Waals surface area contributed by atoms with Crippen LogP contribution in [0.4, 0.5) is 0 Å². The minimum absolute atomic E-state index is 0.124. The number of aliphatic hydroxyl groups excluding tert-OH is 1. The van der Waals surface area contributed by atoms with Gasteiger partial charge >= 0.3 is 11.9 Å². The lowest BCUT2D eigenvalue weighted by Gasteiger charge is -2.25. The first-order valence-electron chi connectivity index (χ1n) is 12.7. The van der Waals surface area contributed by atoms with Crippen molar-refractivity contribution in [1.82, 2.24) is 0 Å². The first-order valence-corrected chi connectivity index (χ1v) is 13.8. The lowest BCUT2D eigenvalue weighted by Crippen LogP contribution is -2.31. The van der Waals surface area contributed by atoms with Crippen molar-refractivity contribution in [2.45, 2.75) is 91.0 Å². The van der Waals surface area contributed by atoms with Crippen LogP contribution in [0.25, 0.3) is 0 Å². The monoisotopic (exact) mass is 554 g/mol. The molecule has 7 atom stereocenters. The van der Waals surface area contributed by atoms with Crippen LogP contribution >= 0.6 is 15.9 Å². The summed E-state index contributed by atoms with van der Waals surface area (Å²) in [5, 5.41) is 10.4. The van der Waals surface area contributed by atoms with Gasteiger partial charge in [0.2, 0.25) is 0 Å². The number of ether oxygens (including phenoxy) is 2. The van der Waals surface area contributed by atoms with Gasteiger partial charge in [-0.2, -0.15) is 0 Å². The van der Waals surface area contributed by atoms with E-state index < -0.39 is 11.7 Å². The Bertz CT molecular complexity index is 790. The average molecular weight is 556 g/mol. The third kappa shape index (κ3) is 10.2. The third-order valence-electron chi connectivity index (χ3n) is 6.65. The molecule has 1 N–H and O–H groups in total. The standard InChI is InChI=1S/C14H22O3.C8H10O.C6H11BrO2/c1-14(2,3)17-13(16)8-12(15)11-7-9-4-5-10(11)6-9;9-5-8-4-6-1-2-7(8)3-6;1-6(2,3)9-5(8)4-7/h4-5,9-12,15H,6-8H2,1-3H3;1-2,5-8H,3-4H2;4H2,1-3H3. The van der Waals surface area contributed by atoms with E-state index in [0.717, 1.165) is 31.5 Å². The summed E-state index contributed by atoms with van der Waals surface area (Å²) in [5.41, 5.74) is -0.823. The fourth-order valence-corrected chi connectivity index (χ4v) is 5.43. The van der Waals surface area contributed by atoms with Crippen LogP contribution in [0.15, 0.2) is 24.3 Å². The molecular formula is C28H43BrO6. The van der Waals surface area contributed by atoms with Crippen molar-refractivity contribution in [3.63, 3.8) is 0 Å². The Hall–Kier alpha value is -1.47. The Balaban J connectivity index is 0.000000203. The topological polar surface area (TPSA) is 89.9 Å². The molecule has 4 aliphatic carbocycles. The average Bonchev–Trinajstić information content (AvgIpc) is 3.53. The van der Waals surface area contributed by atoms with Crippen LogP contribution < -0.4 is 0 Å². The van der Waals surface area contributed by atoms with Crippen LogP contribution in [0.1, 0.15) is 73.6 Å². The summed E-state index contributed by atoms with van der Waals surface area (Å²) in [5.74, 6) is 2.53. The molecule has 0 aliphatic heterocycles. The van der Waals surface area contributed by atoms with Crippen molar-refractivity contribution >= 4 is 34.2 Å². The number of carbonyl (C=O) groups is 3. The molecule has 0 aromatic rings. The molecule has 4 bridgehead atoms. The van der Waals surface area contributed by atoms with E-state index in [2.05, 4.69) is 40.2 Å². The number of esters is 2. The van der Waals surface area contributed by atoms with Crippen LogP contribution in [-0.4, -0.2) is 46.0 Å². The lowest BCUT2D eigenvalue weighted by atomic mass is 9.87. The van der Waals surface area contributed by atoms with Gasteiger partial charge in [-0.15, -0.1) is 0 Å². The number of rotatable bonds is 5. The number of aliphatic hydroxyl groups is 1. The van der Waals surface area contributed by atoms with Crippen LogP contribution in [0.5, 0.6) is 0 Å². The highest BCUT2D eigenvalue weighted by Crippen LogP contribution is 2.45. The highest BCUT2D eigenvalue weighted by atomic mass is 79.9. The minimum atomic E-state index is -0.551. The van der Waals surface area contributed by atoms with Gasteiger partial charge in [-0.1, -0.05) is 40.2 Å². The van der Waals surface area contributed by atoms with E-state index in [1.54, 1.807) is 0 Å². The number of aldehydes is 1. The van der Waals surface area contributed by atoms with Gasteiger partial charge in [0, 0.05) is 5.92 Å². The molecule has 0 aromatic carbocycles. The molecule has 198 valence electrons. The molecule has 4 aliphatic rings. The van der Waals surface area contributed by atoms with Crippen LogP contribution in [0.3, 0.4) is 0 Å². The maximum Gasteiger partial charge on any atom is 0.317 e. The molecule has 0 aromatic heterocycles. The SMILES string of the molecule is CC(C)(C)OC(=O)CBr.CC(C)(C)OC(=O)CC(O)C1CC2C=CC1C2.O=CC1CC2C=CC1C2. The Kier molecular flexibility index (Phi) is 10.8. The second kappa shape index (κ2) is 12.7. The minimum Gasteiger partial charge on any atom is -0.460 e. The van der Waals surface area contributed by atoms with Crippen molar-refractivity contribution in [1.29, 1.82) is 0 Å². The van der Waals surface area contributed by atoms with E-state index in [1.807, 2.05) is 41.5 Å². The number of fused-ring (bicyclic) bond motifs is 4. The van der Waals surface area contributed by atoms with Gasteiger partial charge < -0.3 is 19.4 Å². The molecule has 0 radical (unpaired) electrons. The molecular weight excluding hydrogens is 512 g/mol. The number of carbonyl (C=O) groups excluding carboxylic acids is 3. The van der Waals surface area contributed by atoms with E-state index in [4.69, 9.17) is 9.47 Å². The normalized spacial score (nSPS) is 30.6. The van der Waals surface area contributed by atoms with Crippen molar-refractivity contribution in [2.75, 3.05) is 5.33 Å². The summed E-state index contributed by atoms with van der Waals surface area (Å²) >= 11 is 2.99. The molecule has 35 heavy (non-hydrogen) atoms. The zero-order chi connectivity index (χ0) is 26.4. The first-order chi connectivity index (χ1) is 16.2. The Morgan fingerprint density at radius 3 is 1.71 bits per heavy atom. The number of hydrogen-bond donors (Lipinski definition) is 1. The van der Waals surface area contributed by atoms with Gasteiger partial charge in [0.25, 0.3) is 0 Å². The van der Waals surface area contributed by atoms with E-state index >= 15 is 0 Å². The second-order valence-corrected chi connectivity index (χ2v) is 12.7. The fourth-order valence-electron chi connectivity index (χ4n) is 5.32. The molecule has 7 heteroatoms. The largest absolute Gasteiger partial charge is 0.460 e. The molecule has 0 saturated heterocycles. The molecule has 0 heterocycles. The van der Waals surface area contributed by atoms with Gasteiger partial charge in [0.15, 0.2) is 0 Å².